The first-order chi connectivity index (χ1) is 10.4. The molecule has 4 atom stereocenters. The van der Waals surface area contributed by atoms with Crippen LogP contribution in [0.5, 0.6) is 0 Å². The number of rotatable bonds is 8. The van der Waals surface area contributed by atoms with E-state index in [0.717, 1.165) is 5.56 Å². The summed E-state index contributed by atoms with van der Waals surface area (Å²) in [6.07, 6.45) is 0.163. The van der Waals surface area contributed by atoms with Crippen LogP contribution < -0.4 is 10.6 Å². The van der Waals surface area contributed by atoms with E-state index in [4.69, 9.17) is 5.11 Å². The van der Waals surface area contributed by atoms with Crippen LogP contribution in [0, 0.1) is 5.92 Å². The van der Waals surface area contributed by atoms with Crippen molar-refractivity contribution in [1.82, 2.24) is 10.6 Å². The first-order valence-corrected chi connectivity index (χ1v) is 7.82. The molecule has 0 radical (unpaired) electrons. The maximum absolute atomic E-state index is 11.9. The highest BCUT2D eigenvalue weighted by atomic mass is 16.3. The van der Waals surface area contributed by atoms with Gasteiger partial charge in [0.2, 0.25) is 0 Å². The maximum Gasteiger partial charge on any atom is 0.315 e. The van der Waals surface area contributed by atoms with Gasteiger partial charge in [0.25, 0.3) is 0 Å². The fourth-order valence-corrected chi connectivity index (χ4v) is 2.25. The molecule has 0 fully saturated rings. The molecule has 0 bridgehead atoms. The molecule has 0 spiro atoms. The molecule has 4 N–H and O–H groups in total. The second-order valence-electron chi connectivity index (χ2n) is 6.00. The molecule has 4 unspecified atom stereocenters. The van der Waals surface area contributed by atoms with Crippen LogP contribution in [0.1, 0.15) is 38.7 Å². The van der Waals surface area contributed by atoms with E-state index in [-0.39, 0.29) is 30.5 Å². The van der Waals surface area contributed by atoms with E-state index in [1.54, 1.807) is 6.92 Å². The normalized spacial score (nSPS) is 16.4. The molecule has 124 valence electrons. The number of benzene rings is 1. The van der Waals surface area contributed by atoms with E-state index in [2.05, 4.69) is 10.6 Å². The van der Waals surface area contributed by atoms with Crippen molar-refractivity contribution in [3.05, 3.63) is 35.9 Å². The lowest BCUT2D eigenvalue weighted by atomic mass is 9.93. The minimum absolute atomic E-state index is 0.00753. The molecule has 0 heterocycles. The second-order valence-corrected chi connectivity index (χ2v) is 6.00. The lowest BCUT2D eigenvalue weighted by Gasteiger charge is -2.22. The van der Waals surface area contributed by atoms with E-state index >= 15 is 0 Å². The number of nitrogens with one attached hydrogen (secondary N) is 2. The Bertz CT molecular complexity index is 437. The Kier molecular flexibility index (Phi) is 7.91. The van der Waals surface area contributed by atoms with Crippen molar-refractivity contribution in [3.8, 4) is 0 Å². The van der Waals surface area contributed by atoms with Gasteiger partial charge in [-0.1, -0.05) is 37.3 Å². The van der Waals surface area contributed by atoms with Gasteiger partial charge in [-0.3, -0.25) is 0 Å². The maximum atomic E-state index is 11.9. The van der Waals surface area contributed by atoms with E-state index in [0.29, 0.717) is 13.0 Å². The molecule has 0 aliphatic carbocycles. The third-order valence-electron chi connectivity index (χ3n) is 3.91. The van der Waals surface area contributed by atoms with Crippen LogP contribution in [-0.2, 0) is 0 Å². The van der Waals surface area contributed by atoms with Crippen LogP contribution in [0.2, 0.25) is 0 Å². The van der Waals surface area contributed by atoms with Gasteiger partial charge < -0.3 is 20.8 Å². The molecule has 5 nitrogen and oxygen atoms in total. The summed E-state index contributed by atoms with van der Waals surface area (Å²) in [7, 11) is 0. The lowest BCUT2D eigenvalue weighted by molar-refractivity contribution is 0.172. The van der Waals surface area contributed by atoms with Crippen LogP contribution in [0.3, 0.4) is 0 Å². The summed E-state index contributed by atoms with van der Waals surface area (Å²) in [6, 6.07) is 9.51. The number of aliphatic hydroxyl groups is 2. The molecule has 0 saturated carbocycles. The number of hydrogen-bond acceptors (Lipinski definition) is 3. The van der Waals surface area contributed by atoms with Crippen LogP contribution in [0.4, 0.5) is 4.79 Å². The smallest absolute Gasteiger partial charge is 0.315 e. The average molecular weight is 308 g/mol. The molecule has 0 aliphatic rings. The number of hydrogen-bond donors (Lipinski definition) is 4. The lowest BCUT2D eigenvalue weighted by Crippen LogP contribution is -2.45. The van der Waals surface area contributed by atoms with Crippen molar-refractivity contribution in [2.75, 3.05) is 13.2 Å². The van der Waals surface area contributed by atoms with Gasteiger partial charge in [-0.25, -0.2) is 4.79 Å². The van der Waals surface area contributed by atoms with Gasteiger partial charge >= 0.3 is 6.03 Å². The number of carbonyl (C=O) groups is 1. The highest BCUT2D eigenvalue weighted by Crippen LogP contribution is 2.20. The molecule has 2 amide bonds. The summed E-state index contributed by atoms with van der Waals surface area (Å²) < 4.78 is 0. The largest absolute Gasteiger partial charge is 0.396 e. The van der Waals surface area contributed by atoms with E-state index in [1.165, 1.54) is 0 Å². The summed E-state index contributed by atoms with van der Waals surface area (Å²) in [5.74, 6) is 0.0747. The summed E-state index contributed by atoms with van der Waals surface area (Å²) >= 11 is 0. The van der Waals surface area contributed by atoms with Crippen molar-refractivity contribution in [3.63, 3.8) is 0 Å². The number of urea groups is 1. The Hall–Kier alpha value is -1.59. The molecule has 1 rings (SSSR count). The summed E-state index contributed by atoms with van der Waals surface area (Å²) in [4.78, 5) is 11.9. The standard InChI is InChI=1S/C17H28N2O3/c1-12(11-20)14(3)19-17(22)18-10-16(9-13(2)21)15-7-5-4-6-8-15/h4-8,12-14,16,20-21H,9-11H2,1-3H3,(H2,18,19,22). The first-order valence-electron chi connectivity index (χ1n) is 7.82. The Balaban J connectivity index is 2.55. The van der Waals surface area contributed by atoms with Gasteiger partial charge in [0, 0.05) is 25.1 Å². The van der Waals surface area contributed by atoms with Gasteiger partial charge in [0.1, 0.15) is 0 Å². The van der Waals surface area contributed by atoms with Gasteiger partial charge in [-0.2, -0.15) is 0 Å². The van der Waals surface area contributed by atoms with Gasteiger partial charge in [-0.05, 0) is 31.7 Å². The first kappa shape index (κ1) is 18.5. The zero-order valence-corrected chi connectivity index (χ0v) is 13.6. The van der Waals surface area contributed by atoms with Gasteiger partial charge in [0.15, 0.2) is 0 Å². The summed E-state index contributed by atoms with van der Waals surface area (Å²) in [6.45, 7) is 5.99. The highest BCUT2D eigenvalue weighted by molar-refractivity contribution is 5.74. The molecular weight excluding hydrogens is 280 g/mol. The fraction of sp³-hybridized carbons (Fsp3) is 0.588. The Morgan fingerprint density at radius 3 is 2.36 bits per heavy atom. The summed E-state index contributed by atoms with van der Waals surface area (Å²) in [5, 5.41) is 24.4. The molecule has 0 aromatic heterocycles. The SMILES string of the molecule is CC(O)CC(CNC(=O)NC(C)C(C)CO)c1ccccc1. The third-order valence-corrected chi connectivity index (χ3v) is 3.91. The molecule has 5 heteroatoms. The molecular formula is C17H28N2O3. The van der Waals surface area contributed by atoms with Crippen LogP contribution in [0.15, 0.2) is 30.3 Å². The number of carbonyl (C=O) groups excluding carboxylic acids is 1. The predicted octanol–water partition coefficient (Wildman–Crippen LogP) is 1.86. The van der Waals surface area contributed by atoms with Crippen LogP contribution >= 0.6 is 0 Å². The molecule has 0 aliphatic heterocycles. The summed E-state index contributed by atoms with van der Waals surface area (Å²) in [5.41, 5.74) is 1.10. The average Bonchev–Trinajstić information content (AvgIpc) is 2.51. The zero-order valence-electron chi connectivity index (χ0n) is 13.6. The zero-order chi connectivity index (χ0) is 16.5. The van der Waals surface area contributed by atoms with E-state index in [9.17, 15) is 9.90 Å². The van der Waals surface area contributed by atoms with Crippen molar-refractivity contribution in [2.24, 2.45) is 5.92 Å². The fourth-order valence-electron chi connectivity index (χ4n) is 2.25. The van der Waals surface area contributed by atoms with Crippen molar-refractivity contribution >= 4 is 6.03 Å². The topological polar surface area (TPSA) is 81.6 Å². The molecule has 1 aromatic rings. The molecule has 0 saturated heterocycles. The molecule has 22 heavy (non-hydrogen) atoms. The van der Waals surface area contributed by atoms with Gasteiger partial charge in [-0.15, -0.1) is 0 Å². The quantitative estimate of drug-likeness (QED) is 0.591. The monoisotopic (exact) mass is 308 g/mol. The molecule has 1 aromatic carbocycles. The highest BCUT2D eigenvalue weighted by Gasteiger charge is 2.17. The van der Waals surface area contributed by atoms with Crippen LogP contribution in [-0.4, -0.2) is 41.5 Å². The third kappa shape index (κ3) is 6.45. The predicted molar refractivity (Wildman–Crippen MR) is 87.7 cm³/mol. The van der Waals surface area contributed by atoms with Gasteiger partial charge in [0.05, 0.1) is 6.10 Å². The Morgan fingerprint density at radius 1 is 1.18 bits per heavy atom. The van der Waals surface area contributed by atoms with Crippen molar-refractivity contribution < 1.29 is 15.0 Å². The van der Waals surface area contributed by atoms with Crippen LogP contribution in [0.25, 0.3) is 0 Å². The Labute approximate surface area is 132 Å². The van der Waals surface area contributed by atoms with E-state index in [1.807, 2.05) is 44.2 Å². The Morgan fingerprint density at radius 2 is 1.82 bits per heavy atom. The minimum Gasteiger partial charge on any atom is -0.396 e. The van der Waals surface area contributed by atoms with Crippen molar-refractivity contribution in [1.29, 1.82) is 0 Å². The second kappa shape index (κ2) is 9.43. The minimum atomic E-state index is -0.427. The number of amides is 2. The van der Waals surface area contributed by atoms with E-state index < -0.39 is 6.10 Å². The number of aliphatic hydroxyl groups excluding tert-OH is 2. The van der Waals surface area contributed by atoms with Crippen molar-refractivity contribution in [2.45, 2.75) is 45.3 Å².